The predicted molar refractivity (Wildman–Crippen MR) is 73.5 cm³/mol. The quantitative estimate of drug-likeness (QED) is 0.914. The Morgan fingerprint density at radius 2 is 2.22 bits per heavy atom. The Kier molecular flexibility index (Phi) is 4.09. The molecule has 1 N–H and O–H groups in total. The van der Waals surface area contributed by atoms with E-state index in [0.717, 1.165) is 16.3 Å². The monoisotopic (exact) mass is 264 g/mol. The molecule has 2 nitrogen and oxygen atoms in total. The normalized spacial score (nSPS) is 12.7. The molecule has 2 aromatic rings. The molecule has 1 aromatic carbocycles. The lowest BCUT2D eigenvalue weighted by Crippen LogP contribution is -2.11. The molecule has 2 rings (SSSR count). The van der Waals surface area contributed by atoms with Gasteiger partial charge >= 0.3 is 0 Å². The summed E-state index contributed by atoms with van der Waals surface area (Å²) in [5, 5.41) is 4.26. The van der Waals surface area contributed by atoms with E-state index >= 15 is 0 Å². The van der Waals surface area contributed by atoms with Crippen LogP contribution in [-0.2, 0) is 6.42 Å². The fourth-order valence-corrected chi connectivity index (χ4v) is 3.06. The van der Waals surface area contributed by atoms with Crippen LogP contribution >= 0.6 is 11.3 Å². The molecule has 4 heteroatoms. The molecule has 0 aliphatic carbocycles. The van der Waals surface area contributed by atoms with Gasteiger partial charge in [0.25, 0.3) is 0 Å². The molecule has 0 aliphatic rings. The maximum absolute atomic E-state index is 13.1. The Balaban J connectivity index is 2.20. The summed E-state index contributed by atoms with van der Waals surface area (Å²) in [6, 6.07) is 7.01. The van der Waals surface area contributed by atoms with Crippen LogP contribution in [0.4, 0.5) is 4.39 Å². The smallest absolute Gasteiger partial charge is 0.123 e. The first-order valence-electron chi connectivity index (χ1n) is 5.98. The van der Waals surface area contributed by atoms with E-state index < -0.39 is 0 Å². The van der Waals surface area contributed by atoms with Crippen molar-refractivity contribution in [2.45, 2.75) is 26.3 Å². The van der Waals surface area contributed by atoms with Crippen molar-refractivity contribution in [2.24, 2.45) is 0 Å². The lowest BCUT2D eigenvalue weighted by molar-refractivity contribution is 0.626. The number of thiazole rings is 1. The van der Waals surface area contributed by atoms with Gasteiger partial charge in [0, 0.05) is 17.3 Å². The number of halogens is 1. The van der Waals surface area contributed by atoms with Gasteiger partial charge in [-0.2, -0.15) is 0 Å². The molecule has 0 fully saturated rings. The maximum Gasteiger partial charge on any atom is 0.123 e. The summed E-state index contributed by atoms with van der Waals surface area (Å²) in [5.74, 6) is -0.190. The van der Waals surface area contributed by atoms with Crippen LogP contribution in [0, 0.1) is 12.7 Å². The van der Waals surface area contributed by atoms with E-state index in [0.29, 0.717) is 12.5 Å². The molecular formula is C14H17FN2S. The van der Waals surface area contributed by atoms with Crippen LogP contribution in [-0.4, -0.2) is 12.0 Å². The highest BCUT2D eigenvalue weighted by Gasteiger charge is 2.13. The third kappa shape index (κ3) is 2.94. The molecular weight excluding hydrogens is 247 g/mol. The highest BCUT2D eigenvalue weighted by atomic mass is 32.1. The largest absolute Gasteiger partial charge is 0.312 e. The Hall–Kier alpha value is -1.26. The Labute approximate surface area is 111 Å². The van der Waals surface area contributed by atoms with Gasteiger partial charge in [-0.05, 0) is 38.6 Å². The van der Waals surface area contributed by atoms with Crippen molar-refractivity contribution in [3.63, 3.8) is 0 Å². The van der Waals surface area contributed by atoms with Crippen molar-refractivity contribution in [1.82, 2.24) is 10.3 Å². The minimum atomic E-state index is -0.190. The number of benzene rings is 1. The van der Waals surface area contributed by atoms with Gasteiger partial charge in [0.1, 0.15) is 5.82 Å². The van der Waals surface area contributed by atoms with E-state index in [1.165, 1.54) is 10.9 Å². The molecule has 1 aromatic heterocycles. The number of aromatic nitrogens is 1. The third-order valence-electron chi connectivity index (χ3n) is 2.95. The van der Waals surface area contributed by atoms with Gasteiger partial charge in [-0.25, -0.2) is 9.37 Å². The predicted octanol–water partition coefficient (Wildman–Crippen LogP) is 3.46. The van der Waals surface area contributed by atoms with Crippen molar-refractivity contribution in [1.29, 1.82) is 0 Å². The fraction of sp³-hybridized carbons (Fsp3) is 0.357. The van der Waals surface area contributed by atoms with Crippen LogP contribution in [0.1, 0.15) is 34.1 Å². The Morgan fingerprint density at radius 1 is 1.44 bits per heavy atom. The minimum absolute atomic E-state index is 0.190. The van der Waals surface area contributed by atoms with E-state index in [4.69, 9.17) is 0 Å². The van der Waals surface area contributed by atoms with Crippen molar-refractivity contribution >= 4 is 11.3 Å². The second-order valence-corrected chi connectivity index (χ2v) is 5.49. The van der Waals surface area contributed by atoms with Gasteiger partial charge in [0.15, 0.2) is 0 Å². The molecule has 1 unspecified atom stereocenters. The second-order valence-electron chi connectivity index (χ2n) is 4.37. The van der Waals surface area contributed by atoms with Gasteiger partial charge in [0.05, 0.1) is 10.7 Å². The number of aryl methyl sites for hydroxylation is 1. The zero-order valence-electron chi connectivity index (χ0n) is 10.8. The zero-order valence-corrected chi connectivity index (χ0v) is 11.6. The highest BCUT2D eigenvalue weighted by molar-refractivity contribution is 7.11. The lowest BCUT2D eigenvalue weighted by Gasteiger charge is -2.06. The Bertz CT molecular complexity index is 536. The van der Waals surface area contributed by atoms with Crippen LogP contribution < -0.4 is 5.32 Å². The lowest BCUT2D eigenvalue weighted by atomic mass is 10.1. The first-order chi connectivity index (χ1) is 8.60. The fourth-order valence-electron chi connectivity index (χ4n) is 1.90. The molecule has 96 valence electrons. The van der Waals surface area contributed by atoms with Gasteiger partial charge in [-0.3, -0.25) is 0 Å². The number of hydrogen-bond acceptors (Lipinski definition) is 3. The average molecular weight is 264 g/mol. The van der Waals surface area contributed by atoms with Gasteiger partial charge in [-0.15, -0.1) is 11.3 Å². The highest BCUT2D eigenvalue weighted by Crippen LogP contribution is 2.26. The van der Waals surface area contributed by atoms with E-state index in [1.54, 1.807) is 23.5 Å². The number of nitrogens with zero attached hydrogens (tertiary/aromatic N) is 1. The average Bonchev–Trinajstić information content (AvgIpc) is 2.69. The molecule has 1 atom stereocenters. The SMILES string of the molecule is CNC(C)c1sc(Cc2cccc(F)c2)nc1C. The van der Waals surface area contributed by atoms with Crippen LogP contribution in [0.15, 0.2) is 24.3 Å². The summed E-state index contributed by atoms with van der Waals surface area (Å²) in [7, 11) is 1.94. The molecule has 0 aliphatic heterocycles. The second kappa shape index (κ2) is 5.59. The van der Waals surface area contributed by atoms with Gasteiger partial charge < -0.3 is 5.32 Å². The summed E-state index contributed by atoms with van der Waals surface area (Å²) >= 11 is 1.70. The summed E-state index contributed by atoms with van der Waals surface area (Å²) in [5.41, 5.74) is 2.03. The molecule has 0 radical (unpaired) electrons. The molecule has 0 spiro atoms. The molecule has 0 amide bonds. The summed E-state index contributed by atoms with van der Waals surface area (Å²) in [4.78, 5) is 5.81. The molecule has 0 saturated heterocycles. The maximum atomic E-state index is 13.1. The molecule has 0 saturated carbocycles. The molecule has 0 bridgehead atoms. The van der Waals surface area contributed by atoms with Gasteiger partial charge in [0.2, 0.25) is 0 Å². The summed E-state index contributed by atoms with van der Waals surface area (Å²) in [6.07, 6.45) is 0.694. The van der Waals surface area contributed by atoms with E-state index in [-0.39, 0.29) is 5.82 Å². The molecule has 1 heterocycles. The van der Waals surface area contributed by atoms with Crippen LogP contribution in [0.2, 0.25) is 0 Å². The number of rotatable bonds is 4. The van der Waals surface area contributed by atoms with Crippen LogP contribution in [0.25, 0.3) is 0 Å². The standard InChI is InChI=1S/C14H17FN2S/c1-9(16-3)14-10(2)17-13(18-14)8-11-5-4-6-12(15)7-11/h4-7,9,16H,8H2,1-3H3. The van der Waals surface area contributed by atoms with Gasteiger partial charge in [-0.1, -0.05) is 12.1 Å². The Morgan fingerprint density at radius 3 is 2.89 bits per heavy atom. The van der Waals surface area contributed by atoms with Crippen LogP contribution in [0.5, 0.6) is 0 Å². The van der Waals surface area contributed by atoms with Crippen molar-refractivity contribution in [3.8, 4) is 0 Å². The van der Waals surface area contributed by atoms with Crippen molar-refractivity contribution < 1.29 is 4.39 Å². The number of hydrogen-bond donors (Lipinski definition) is 1. The van der Waals surface area contributed by atoms with E-state index in [1.807, 2.05) is 20.0 Å². The summed E-state index contributed by atoms with van der Waals surface area (Å²) in [6.45, 7) is 4.14. The van der Waals surface area contributed by atoms with Crippen molar-refractivity contribution in [3.05, 3.63) is 51.2 Å². The topological polar surface area (TPSA) is 24.9 Å². The number of nitrogens with one attached hydrogen (secondary N) is 1. The third-order valence-corrected chi connectivity index (χ3v) is 4.29. The first-order valence-corrected chi connectivity index (χ1v) is 6.79. The van der Waals surface area contributed by atoms with E-state index in [2.05, 4.69) is 17.2 Å². The first kappa shape index (κ1) is 13.2. The molecule has 18 heavy (non-hydrogen) atoms. The minimum Gasteiger partial charge on any atom is -0.312 e. The van der Waals surface area contributed by atoms with Crippen molar-refractivity contribution in [2.75, 3.05) is 7.05 Å². The van der Waals surface area contributed by atoms with Crippen LogP contribution in [0.3, 0.4) is 0 Å². The summed E-state index contributed by atoms with van der Waals surface area (Å²) < 4.78 is 13.1. The zero-order chi connectivity index (χ0) is 13.1. The van der Waals surface area contributed by atoms with E-state index in [9.17, 15) is 4.39 Å².